The van der Waals surface area contributed by atoms with Gasteiger partial charge in [-0.3, -0.25) is 9.59 Å². The van der Waals surface area contributed by atoms with Gasteiger partial charge in [0.2, 0.25) is 5.91 Å². The second-order valence-corrected chi connectivity index (χ2v) is 6.75. The van der Waals surface area contributed by atoms with Gasteiger partial charge in [-0.05, 0) is 31.0 Å². The molecule has 152 valence electrons. The van der Waals surface area contributed by atoms with E-state index in [1.807, 2.05) is 6.07 Å². The number of alkyl halides is 3. The number of nitrogens with one attached hydrogen (secondary N) is 1. The van der Waals surface area contributed by atoms with Crippen LogP contribution < -0.4 is 5.43 Å². The van der Waals surface area contributed by atoms with Crippen LogP contribution in [-0.2, 0) is 11.0 Å². The van der Waals surface area contributed by atoms with E-state index in [-0.39, 0.29) is 23.3 Å². The van der Waals surface area contributed by atoms with Crippen LogP contribution in [0.3, 0.4) is 0 Å². The molecule has 0 atom stereocenters. The van der Waals surface area contributed by atoms with Gasteiger partial charge in [-0.25, -0.2) is 5.43 Å². The van der Waals surface area contributed by atoms with Crippen LogP contribution in [-0.4, -0.2) is 36.0 Å². The van der Waals surface area contributed by atoms with E-state index in [2.05, 4.69) is 10.5 Å². The third-order valence-corrected chi connectivity index (χ3v) is 4.82. The summed E-state index contributed by atoms with van der Waals surface area (Å²) in [6.07, 6.45) is -2.56. The van der Waals surface area contributed by atoms with Crippen molar-refractivity contribution in [3.05, 3.63) is 71.3 Å². The fourth-order valence-corrected chi connectivity index (χ4v) is 3.23. The lowest BCUT2D eigenvalue weighted by molar-refractivity contribution is -0.137. The number of carbonyl (C=O) groups excluding carboxylic acids is 2. The van der Waals surface area contributed by atoms with Crippen molar-refractivity contribution in [3.8, 4) is 0 Å². The van der Waals surface area contributed by atoms with E-state index in [0.29, 0.717) is 31.5 Å². The molecule has 1 aliphatic heterocycles. The highest BCUT2D eigenvalue weighted by molar-refractivity contribution is 5.94. The molecular weight excluding hydrogens is 383 g/mol. The van der Waals surface area contributed by atoms with Crippen molar-refractivity contribution in [3.63, 3.8) is 0 Å². The molecule has 1 fully saturated rings. The molecule has 3 rings (SSSR count). The predicted octanol–water partition coefficient (Wildman–Crippen LogP) is 3.71. The van der Waals surface area contributed by atoms with Crippen LogP contribution in [0.2, 0.25) is 0 Å². The molecule has 5 nitrogen and oxygen atoms in total. The van der Waals surface area contributed by atoms with Crippen LogP contribution in [0.25, 0.3) is 0 Å². The second-order valence-electron chi connectivity index (χ2n) is 6.75. The molecule has 1 heterocycles. The van der Waals surface area contributed by atoms with Crippen molar-refractivity contribution in [2.24, 2.45) is 11.0 Å². The summed E-state index contributed by atoms with van der Waals surface area (Å²) in [5, 5.41) is 3.69. The molecule has 1 N–H and O–H groups in total. The number of halogens is 3. The van der Waals surface area contributed by atoms with Crippen molar-refractivity contribution >= 4 is 18.0 Å². The number of amides is 2. The number of hydrogen-bond donors (Lipinski definition) is 1. The Morgan fingerprint density at radius 2 is 1.62 bits per heavy atom. The predicted molar refractivity (Wildman–Crippen MR) is 102 cm³/mol. The van der Waals surface area contributed by atoms with Crippen LogP contribution >= 0.6 is 0 Å². The summed E-state index contributed by atoms with van der Waals surface area (Å²) < 4.78 is 38.9. The number of hydrogen-bond acceptors (Lipinski definition) is 3. The number of likely N-dealkylation sites (tertiary alicyclic amines) is 1. The zero-order valence-corrected chi connectivity index (χ0v) is 15.5. The Morgan fingerprint density at radius 3 is 2.28 bits per heavy atom. The zero-order valence-electron chi connectivity index (χ0n) is 15.5. The summed E-state index contributed by atoms with van der Waals surface area (Å²) in [4.78, 5) is 26.4. The first-order chi connectivity index (χ1) is 13.9. The number of benzene rings is 2. The maximum Gasteiger partial charge on any atom is 0.417 e. The molecule has 0 aromatic heterocycles. The Kier molecular flexibility index (Phi) is 6.31. The van der Waals surface area contributed by atoms with Crippen molar-refractivity contribution in [1.82, 2.24) is 10.3 Å². The van der Waals surface area contributed by atoms with Gasteiger partial charge in [-0.15, -0.1) is 0 Å². The van der Waals surface area contributed by atoms with E-state index >= 15 is 0 Å². The second kappa shape index (κ2) is 8.89. The van der Waals surface area contributed by atoms with E-state index in [4.69, 9.17) is 0 Å². The molecule has 0 aliphatic carbocycles. The van der Waals surface area contributed by atoms with E-state index < -0.39 is 11.7 Å². The fraction of sp³-hybridized carbons (Fsp3) is 0.286. The first kappa shape index (κ1) is 20.6. The maximum absolute atomic E-state index is 13.0. The summed E-state index contributed by atoms with van der Waals surface area (Å²) in [6.45, 7) is 0.874. The van der Waals surface area contributed by atoms with Crippen LogP contribution in [0.15, 0.2) is 59.7 Å². The average Bonchev–Trinajstić information content (AvgIpc) is 2.73. The monoisotopic (exact) mass is 403 g/mol. The lowest BCUT2D eigenvalue weighted by Gasteiger charge is -2.31. The third-order valence-electron chi connectivity index (χ3n) is 4.82. The van der Waals surface area contributed by atoms with Gasteiger partial charge in [-0.1, -0.05) is 36.4 Å². The molecule has 29 heavy (non-hydrogen) atoms. The largest absolute Gasteiger partial charge is 0.417 e. The summed E-state index contributed by atoms with van der Waals surface area (Å²) >= 11 is 0. The van der Waals surface area contributed by atoms with Crippen LogP contribution in [0.5, 0.6) is 0 Å². The van der Waals surface area contributed by atoms with Crippen molar-refractivity contribution in [1.29, 1.82) is 0 Å². The summed E-state index contributed by atoms with van der Waals surface area (Å²) in [5.41, 5.74) is 1.98. The van der Waals surface area contributed by atoms with E-state index in [1.165, 1.54) is 18.2 Å². The quantitative estimate of drug-likeness (QED) is 0.625. The van der Waals surface area contributed by atoms with Crippen LogP contribution in [0, 0.1) is 5.92 Å². The Hall–Kier alpha value is -3.16. The lowest BCUT2D eigenvalue weighted by atomic mass is 9.95. The molecule has 0 spiro atoms. The number of nitrogens with zero attached hydrogens (tertiary/aromatic N) is 2. The van der Waals surface area contributed by atoms with Gasteiger partial charge in [0.1, 0.15) is 0 Å². The smallest absolute Gasteiger partial charge is 0.339 e. The summed E-state index contributed by atoms with van der Waals surface area (Å²) in [5.74, 6) is -0.784. The summed E-state index contributed by atoms with van der Waals surface area (Å²) in [6, 6.07) is 13.9. The van der Waals surface area contributed by atoms with Crippen molar-refractivity contribution in [2.75, 3.05) is 13.1 Å². The molecule has 1 aliphatic rings. The molecule has 1 saturated heterocycles. The molecule has 0 saturated carbocycles. The van der Waals surface area contributed by atoms with Crippen LogP contribution in [0.4, 0.5) is 13.2 Å². The number of carbonyl (C=O) groups is 2. The van der Waals surface area contributed by atoms with Gasteiger partial charge in [0, 0.05) is 30.1 Å². The van der Waals surface area contributed by atoms with E-state index in [9.17, 15) is 22.8 Å². The first-order valence-electron chi connectivity index (χ1n) is 9.19. The highest BCUT2D eigenvalue weighted by atomic mass is 19.4. The fourth-order valence-electron chi connectivity index (χ4n) is 3.23. The molecule has 2 aromatic rings. The maximum atomic E-state index is 13.0. The number of rotatable bonds is 4. The van der Waals surface area contributed by atoms with E-state index in [1.54, 1.807) is 29.2 Å². The standard InChI is InChI=1S/C21H20F3N3O2/c22-21(23,24)18-9-5-4-8-17(18)14-25-26-19(28)15-10-12-27(13-11-15)20(29)16-6-2-1-3-7-16/h1-9,14-15H,10-13H2,(H,26,28)/b25-14-. The number of piperidine rings is 1. The Morgan fingerprint density at radius 1 is 1.00 bits per heavy atom. The van der Waals surface area contributed by atoms with Gasteiger partial charge >= 0.3 is 6.18 Å². The third kappa shape index (κ3) is 5.22. The minimum absolute atomic E-state index is 0.0776. The highest BCUT2D eigenvalue weighted by Crippen LogP contribution is 2.31. The lowest BCUT2D eigenvalue weighted by Crippen LogP contribution is -2.42. The van der Waals surface area contributed by atoms with Gasteiger partial charge < -0.3 is 4.90 Å². The normalized spacial score (nSPS) is 15.5. The minimum atomic E-state index is -4.50. The molecule has 8 heteroatoms. The van der Waals surface area contributed by atoms with Gasteiger partial charge in [0.15, 0.2) is 0 Å². The van der Waals surface area contributed by atoms with Gasteiger partial charge in [0.25, 0.3) is 5.91 Å². The minimum Gasteiger partial charge on any atom is -0.339 e. The molecule has 2 aromatic carbocycles. The average molecular weight is 403 g/mol. The van der Waals surface area contributed by atoms with Gasteiger partial charge in [0.05, 0.1) is 11.8 Å². The SMILES string of the molecule is O=C(N/N=C\c1ccccc1C(F)(F)F)C1CCN(C(=O)c2ccccc2)CC1. The first-order valence-corrected chi connectivity index (χ1v) is 9.19. The Bertz CT molecular complexity index is 890. The Labute approximate surface area is 166 Å². The molecule has 0 unspecified atom stereocenters. The van der Waals surface area contributed by atoms with E-state index in [0.717, 1.165) is 12.3 Å². The summed E-state index contributed by atoms with van der Waals surface area (Å²) in [7, 11) is 0. The topological polar surface area (TPSA) is 61.8 Å². The molecule has 0 bridgehead atoms. The van der Waals surface area contributed by atoms with Crippen molar-refractivity contribution < 1.29 is 22.8 Å². The van der Waals surface area contributed by atoms with Gasteiger partial charge in [-0.2, -0.15) is 18.3 Å². The Balaban J connectivity index is 1.53. The van der Waals surface area contributed by atoms with Crippen molar-refractivity contribution in [2.45, 2.75) is 19.0 Å². The number of hydrazone groups is 1. The molecular formula is C21H20F3N3O2. The molecule has 0 radical (unpaired) electrons. The molecule has 2 amide bonds. The van der Waals surface area contributed by atoms with Crippen LogP contribution in [0.1, 0.15) is 34.3 Å². The zero-order chi connectivity index (χ0) is 20.9. The highest BCUT2D eigenvalue weighted by Gasteiger charge is 2.32.